The van der Waals surface area contributed by atoms with Crippen molar-refractivity contribution < 1.29 is 4.39 Å². The second-order valence-corrected chi connectivity index (χ2v) is 5.52. The molecule has 0 spiro atoms. The third-order valence-electron chi connectivity index (χ3n) is 2.84. The maximum absolute atomic E-state index is 14.0. The van der Waals surface area contributed by atoms with Gasteiger partial charge in [-0.05, 0) is 36.6 Å². The molecule has 0 fully saturated rings. The summed E-state index contributed by atoms with van der Waals surface area (Å²) in [6, 6.07) is 6.46. The number of thiophene rings is 1. The molecule has 1 N–H and O–H groups in total. The van der Waals surface area contributed by atoms with E-state index in [-0.39, 0.29) is 0 Å². The number of hydrogen-bond acceptors (Lipinski definition) is 4. The number of benzene rings is 1. The van der Waals surface area contributed by atoms with Crippen molar-refractivity contribution in [1.82, 2.24) is 9.97 Å². The first kappa shape index (κ1) is 13.3. The number of hydrogen-bond donors (Lipinski definition) is 1. The minimum Gasteiger partial charge on any atom is -0.370 e. The topological polar surface area (TPSA) is 37.8 Å². The van der Waals surface area contributed by atoms with Gasteiger partial charge in [0.2, 0.25) is 0 Å². The Morgan fingerprint density at radius 3 is 2.90 bits per heavy atom. The maximum atomic E-state index is 14.0. The van der Waals surface area contributed by atoms with Gasteiger partial charge in [0.15, 0.2) is 5.82 Å². The molecule has 3 rings (SSSR count). The molecule has 2 heterocycles. The number of anilines is 1. The lowest BCUT2D eigenvalue weighted by Gasteiger charge is -2.08. The standard InChI is InChI=1S/C14H11ClFN3S/c1-2-17-12-10-5-6-20-14(10)19-13(18-12)9-4-3-8(15)7-11(9)16/h3-7H,2H2,1H3,(H,17,18,19). The van der Waals surface area contributed by atoms with Gasteiger partial charge in [0, 0.05) is 11.6 Å². The number of fused-ring (bicyclic) bond motifs is 1. The van der Waals surface area contributed by atoms with E-state index in [1.807, 2.05) is 18.4 Å². The van der Waals surface area contributed by atoms with Crippen LogP contribution in [-0.4, -0.2) is 16.5 Å². The smallest absolute Gasteiger partial charge is 0.166 e. The van der Waals surface area contributed by atoms with Crippen LogP contribution in [-0.2, 0) is 0 Å². The molecule has 0 aliphatic heterocycles. The lowest BCUT2D eigenvalue weighted by molar-refractivity contribution is 0.630. The number of halogens is 2. The van der Waals surface area contributed by atoms with Crippen molar-refractivity contribution in [2.45, 2.75) is 6.92 Å². The summed E-state index contributed by atoms with van der Waals surface area (Å²) in [5.41, 5.74) is 0.351. The third-order valence-corrected chi connectivity index (χ3v) is 3.88. The highest BCUT2D eigenvalue weighted by molar-refractivity contribution is 7.16. The van der Waals surface area contributed by atoms with E-state index in [2.05, 4.69) is 15.3 Å². The monoisotopic (exact) mass is 307 g/mol. The fraction of sp³-hybridized carbons (Fsp3) is 0.143. The SMILES string of the molecule is CCNc1nc(-c2ccc(Cl)cc2F)nc2sccc12. The summed E-state index contributed by atoms with van der Waals surface area (Å²) in [7, 11) is 0. The van der Waals surface area contributed by atoms with Gasteiger partial charge in [0.05, 0.1) is 10.9 Å². The molecule has 1 aromatic carbocycles. The van der Waals surface area contributed by atoms with Crippen LogP contribution < -0.4 is 5.32 Å². The Bertz CT molecular complexity index is 772. The van der Waals surface area contributed by atoms with Gasteiger partial charge in [-0.3, -0.25) is 0 Å². The molecule has 3 aromatic rings. The molecule has 0 atom stereocenters. The van der Waals surface area contributed by atoms with E-state index in [1.165, 1.54) is 17.4 Å². The molecule has 20 heavy (non-hydrogen) atoms. The average Bonchev–Trinajstić information content (AvgIpc) is 2.87. The number of nitrogens with zero attached hydrogens (tertiary/aromatic N) is 2. The third kappa shape index (κ3) is 2.34. The van der Waals surface area contributed by atoms with E-state index < -0.39 is 5.82 Å². The zero-order chi connectivity index (χ0) is 14.1. The molecule has 0 bridgehead atoms. The van der Waals surface area contributed by atoms with Crippen LogP contribution >= 0.6 is 22.9 Å². The average molecular weight is 308 g/mol. The second-order valence-electron chi connectivity index (χ2n) is 4.19. The zero-order valence-corrected chi connectivity index (χ0v) is 12.2. The molecule has 0 saturated carbocycles. The molecule has 0 unspecified atom stereocenters. The summed E-state index contributed by atoms with van der Waals surface area (Å²) >= 11 is 7.28. The molecule has 0 radical (unpaired) electrons. The first-order valence-corrected chi connectivity index (χ1v) is 7.39. The van der Waals surface area contributed by atoms with E-state index in [0.29, 0.717) is 16.4 Å². The molecule has 3 nitrogen and oxygen atoms in total. The van der Waals surface area contributed by atoms with E-state index in [9.17, 15) is 4.39 Å². The van der Waals surface area contributed by atoms with E-state index in [4.69, 9.17) is 11.6 Å². The van der Waals surface area contributed by atoms with Crippen LogP contribution in [0.3, 0.4) is 0 Å². The molecular weight excluding hydrogens is 297 g/mol. The summed E-state index contributed by atoms with van der Waals surface area (Å²) in [4.78, 5) is 9.68. The van der Waals surface area contributed by atoms with Crippen LogP contribution in [0.1, 0.15) is 6.92 Å². The van der Waals surface area contributed by atoms with E-state index in [0.717, 1.165) is 22.6 Å². The maximum Gasteiger partial charge on any atom is 0.166 e. The fourth-order valence-electron chi connectivity index (χ4n) is 1.95. The first-order valence-electron chi connectivity index (χ1n) is 6.13. The lowest BCUT2D eigenvalue weighted by atomic mass is 10.2. The van der Waals surface area contributed by atoms with E-state index in [1.54, 1.807) is 12.1 Å². The Labute approximate surface area is 124 Å². The summed E-state index contributed by atoms with van der Waals surface area (Å²) in [5.74, 6) is 0.670. The minimum absolute atomic E-state index is 0.351. The van der Waals surface area contributed by atoms with Crippen LogP contribution in [0.2, 0.25) is 5.02 Å². The summed E-state index contributed by atoms with van der Waals surface area (Å²) in [6.07, 6.45) is 0. The molecule has 102 valence electrons. The van der Waals surface area contributed by atoms with Crippen LogP contribution in [0.15, 0.2) is 29.6 Å². The van der Waals surface area contributed by atoms with Crippen LogP contribution in [0.5, 0.6) is 0 Å². The first-order chi connectivity index (χ1) is 9.69. The van der Waals surface area contributed by atoms with Gasteiger partial charge in [0.1, 0.15) is 16.5 Å². The van der Waals surface area contributed by atoms with Crippen molar-refractivity contribution in [2.75, 3.05) is 11.9 Å². The quantitative estimate of drug-likeness (QED) is 0.769. The van der Waals surface area contributed by atoms with Crippen molar-refractivity contribution in [3.63, 3.8) is 0 Å². The molecular formula is C14H11ClFN3S. The van der Waals surface area contributed by atoms with Gasteiger partial charge in [-0.1, -0.05) is 11.6 Å². The molecule has 6 heteroatoms. The summed E-state index contributed by atoms with van der Waals surface area (Å²) in [6.45, 7) is 2.73. The van der Waals surface area contributed by atoms with Gasteiger partial charge in [0.25, 0.3) is 0 Å². The highest BCUT2D eigenvalue weighted by atomic mass is 35.5. The van der Waals surface area contributed by atoms with Crippen LogP contribution in [0.25, 0.3) is 21.6 Å². The highest BCUT2D eigenvalue weighted by Gasteiger charge is 2.13. The summed E-state index contributed by atoms with van der Waals surface area (Å²) < 4.78 is 14.0. The molecule has 0 amide bonds. The van der Waals surface area contributed by atoms with Gasteiger partial charge in [-0.25, -0.2) is 14.4 Å². The van der Waals surface area contributed by atoms with Crippen LogP contribution in [0.4, 0.5) is 10.2 Å². The Hall–Kier alpha value is -1.72. The van der Waals surface area contributed by atoms with Crippen molar-refractivity contribution in [2.24, 2.45) is 0 Å². The minimum atomic E-state index is -0.421. The van der Waals surface area contributed by atoms with Crippen LogP contribution in [0, 0.1) is 5.82 Å². The molecule has 2 aromatic heterocycles. The summed E-state index contributed by atoms with van der Waals surface area (Å²) in [5, 5.41) is 6.44. The largest absolute Gasteiger partial charge is 0.370 e. The Kier molecular flexibility index (Phi) is 3.54. The fourth-order valence-corrected chi connectivity index (χ4v) is 2.87. The van der Waals surface area contributed by atoms with Crippen molar-refractivity contribution in [1.29, 1.82) is 0 Å². The van der Waals surface area contributed by atoms with Gasteiger partial charge in [-0.2, -0.15) is 0 Å². The predicted octanol–water partition coefficient (Wildman–Crippen LogP) is 4.58. The molecule has 0 aliphatic carbocycles. The van der Waals surface area contributed by atoms with Crippen molar-refractivity contribution in [3.8, 4) is 11.4 Å². The normalized spacial score (nSPS) is 10.9. The number of aromatic nitrogens is 2. The van der Waals surface area contributed by atoms with Crippen molar-refractivity contribution in [3.05, 3.63) is 40.5 Å². The number of rotatable bonds is 3. The second kappa shape index (κ2) is 5.34. The molecule has 0 saturated heterocycles. The van der Waals surface area contributed by atoms with Gasteiger partial charge < -0.3 is 5.32 Å². The Morgan fingerprint density at radius 1 is 1.30 bits per heavy atom. The number of nitrogens with one attached hydrogen (secondary N) is 1. The van der Waals surface area contributed by atoms with Crippen molar-refractivity contribution >= 4 is 39.0 Å². The van der Waals surface area contributed by atoms with E-state index >= 15 is 0 Å². The predicted molar refractivity (Wildman–Crippen MR) is 82.0 cm³/mol. The van der Waals surface area contributed by atoms with Gasteiger partial charge >= 0.3 is 0 Å². The highest BCUT2D eigenvalue weighted by Crippen LogP contribution is 2.30. The Morgan fingerprint density at radius 2 is 2.15 bits per heavy atom. The van der Waals surface area contributed by atoms with Gasteiger partial charge in [-0.15, -0.1) is 11.3 Å². The molecule has 0 aliphatic rings. The zero-order valence-electron chi connectivity index (χ0n) is 10.7. The lowest BCUT2D eigenvalue weighted by Crippen LogP contribution is -2.02. The Balaban J connectivity index is 2.20.